The predicted octanol–water partition coefficient (Wildman–Crippen LogP) is 0.0505. The summed E-state index contributed by atoms with van der Waals surface area (Å²) in [5.74, 6) is -0.187. The summed E-state index contributed by atoms with van der Waals surface area (Å²) >= 11 is 5.76. The SMILES string of the molecule is CC(=O)NCCC(O)C(O)c1cncnc1Cl. The maximum absolute atomic E-state index is 10.6. The Kier molecular flexibility index (Phi) is 5.27. The van der Waals surface area contributed by atoms with Crippen LogP contribution in [0.2, 0.25) is 5.15 Å². The van der Waals surface area contributed by atoms with E-state index in [-0.39, 0.29) is 29.6 Å². The van der Waals surface area contributed by atoms with Crippen LogP contribution in [0.1, 0.15) is 25.0 Å². The molecule has 94 valence electrons. The van der Waals surface area contributed by atoms with Gasteiger partial charge >= 0.3 is 0 Å². The molecular weight excluding hydrogens is 246 g/mol. The van der Waals surface area contributed by atoms with Crippen LogP contribution in [0.25, 0.3) is 0 Å². The minimum atomic E-state index is -1.17. The van der Waals surface area contributed by atoms with E-state index in [1.165, 1.54) is 19.4 Å². The van der Waals surface area contributed by atoms with Crippen LogP contribution in [-0.2, 0) is 4.79 Å². The third kappa shape index (κ3) is 4.26. The lowest BCUT2D eigenvalue weighted by Gasteiger charge is -2.18. The fourth-order valence-electron chi connectivity index (χ4n) is 1.29. The van der Waals surface area contributed by atoms with Crippen molar-refractivity contribution >= 4 is 17.5 Å². The average molecular weight is 260 g/mol. The number of aliphatic hydroxyl groups excluding tert-OH is 2. The Morgan fingerprint density at radius 3 is 2.88 bits per heavy atom. The lowest BCUT2D eigenvalue weighted by molar-refractivity contribution is -0.119. The number of aromatic nitrogens is 2. The Bertz CT molecular complexity index is 389. The topological polar surface area (TPSA) is 95.3 Å². The highest BCUT2D eigenvalue weighted by molar-refractivity contribution is 6.30. The van der Waals surface area contributed by atoms with Crippen LogP contribution in [0.15, 0.2) is 12.5 Å². The summed E-state index contributed by atoms with van der Waals surface area (Å²) < 4.78 is 0. The number of nitrogens with zero attached hydrogens (tertiary/aromatic N) is 2. The van der Waals surface area contributed by atoms with Gasteiger partial charge in [-0.2, -0.15) is 0 Å². The number of amides is 1. The first kappa shape index (κ1) is 13.8. The summed E-state index contributed by atoms with van der Waals surface area (Å²) in [5, 5.41) is 22.1. The van der Waals surface area contributed by atoms with Gasteiger partial charge in [0.2, 0.25) is 5.91 Å². The molecule has 0 radical (unpaired) electrons. The van der Waals surface area contributed by atoms with Crippen molar-refractivity contribution in [1.29, 1.82) is 0 Å². The highest BCUT2D eigenvalue weighted by Gasteiger charge is 2.21. The van der Waals surface area contributed by atoms with Crippen LogP contribution in [-0.4, -0.2) is 38.7 Å². The van der Waals surface area contributed by atoms with E-state index in [4.69, 9.17) is 11.6 Å². The number of halogens is 1. The molecule has 2 unspecified atom stereocenters. The molecule has 1 amide bonds. The molecule has 3 N–H and O–H groups in total. The Balaban J connectivity index is 2.55. The highest BCUT2D eigenvalue weighted by atomic mass is 35.5. The number of carbonyl (C=O) groups excluding carboxylic acids is 1. The number of carbonyl (C=O) groups is 1. The average Bonchev–Trinajstić information content (AvgIpc) is 2.28. The zero-order valence-corrected chi connectivity index (χ0v) is 10.1. The molecule has 0 saturated carbocycles. The van der Waals surface area contributed by atoms with E-state index in [2.05, 4.69) is 15.3 Å². The third-order valence-corrected chi connectivity index (χ3v) is 2.50. The van der Waals surface area contributed by atoms with Gasteiger partial charge in [0.15, 0.2) is 0 Å². The van der Waals surface area contributed by atoms with Gasteiger partial charge in [-0.15, -0.1) is 0 Å². The minimum absolute atomic E-state index is 0.103. The smallest absolute Gasteiger partial charge is 0.216 e. The van der Waals surface area contributed by atoms with Crippen LogP contribution in [0.5, 0.6) is 0 Å². The molecule has 0 bridgehead atoms. The highest BCUT2D eigenvalue weighted by Crippen LogP contribution is 2.23. The zero-order valence-electron chi connectivity index (χ0n) is 9.30. The van der Waals surface area contributed by atoms with Crippen molar-refractivity contribution in [3.63, 3.8) is 0 Å². The van der Waals surface area contributed by atoms with Crippen LogP contribution in [0.4, 0.5) is 0 Å². The summed E-state index contributed by atoms with van der Waals surface area (Å²) in [7, 11) is 0. The molecule has 7 heteroatoms. The molecule has 0 saturated heterocycles. The molecule has 0 aliphatic rings. The van der Waals surface area contributed by atoms with Gasteiger partial charge in [0.1, 0.15) is 17.6 Å². The fourth-order valence-corrected chi connectivity index (χ4v) is 1.49. The van der Waals surface area contributed by atoms with Crippen molar-refractivity contribution in [3.05, 3.63) is 23.2 Å². The van der Waals surface area contributed by atoms with E-state index >= 15 is 0 Å². The van der Waals surface area contributed by atoms with Crippen molar-refractivity contribution in [2.45, 2.75) is 25.6 Å². The standard InChI is InChI=1S/C10H14ClN3O3/c1-6(15)13-3-2-8(16)9(17)7-4-12-5-14-10(7)11/h4-5,8-9,16-17H,2-3H2,1H3,(H,13,15). The summed E-state index contributed by atoms with van der Waals surface area (Å²) in [4.78, 5) is 18.0. The predicted molar refractivity (Wildman–Crippen MR) is 61.3 cm³/mol. The molecular formula is C10H14ClN3O3. The van der Waals surface area contributed by atoms with Gasteiger partial charge in [0.05, 0.1) is 6.10 Å². The van der Waals surface area contributed by atoms with Gasteiger partial charge in [0, 0.05) is 25.2 Å². The third-order valence-electron chi connectivity index (χ3n) is 2.19. The van der Waals surface area contributed by atoms with E-state index in [9.17, 15) is 15.0 Å². The quantitative estimate of drug-likeness (QED) is 0.650. The molecule has 0 aromatic carbocycles. The normalized spacial score (nSPS) is 14.1. The van der Waals surface area contributed by atoms with Gasteiger partial charge in [0.25, 0.3) is 0 Å². The first-order valence-corrected chi connectivity index (χ1v) is 5.46. The number of hydrogen-bond donors (Lipinski definition) is 3. The molecule has 0 spiro atoms. The van der Waals surface area contributed by atoms with Crippen molar-refractivity contribution in [1.82, 2.24) is 15.3 Å². The van der Waals surface area contributed by atoms with Crippen molar-refractivity contribution in [2.24, 2.45) is 0 Å². The lowest BCUT2D eigenvalue weighted by atomic mass is 10.1. The molecule has 0 fully saturated rings. The van der Waals surface area contributed by atoms with E-state index in [0.29, 0.717) is 0 Å². The van der Waals surface area contributed by atoms with Gasteiger partial charge in [-0.05, 0) is 6.42 Å². The second kappa shape index (κ2) is 6.48. The Hall–Kier alpha value is -1.24. The Morgan fingerprint density at radius 1 is 1.59 bits per heavy atom. The maximum atomic E-state index is 10.6. The molecule has 1 aromatic heterocycles. The van der Waals surface area contributed by atoms with E-state index in [1.54, 1.807) is 0 Å². The summed E-state index contributed by atoms with van der Waals surface area (Å²) in [5.41, 5.74) is 0.268. The number of nitrogens with one attached hydrogen (secondary N) is 1. The zero-order chi connectivity index (χ0) is 12.8. The first-order chi connectivity index (χ1) is 8.02. The first-order valence-electron chi connectivity index (χ1n) is 5.08. The second-order valence-electron chi connectivity index (χ2n) is 3.55. The van der Waals surface area contributed by atoms with Crippen molar-refractivity contribution in [3.8, 4) is 0 Å². The van der Waals surface area contributed by atoms with Crippen LogP contribution in [0, 0.1) is 0 Å². The summed E-state index contributed by atoms with van der Waals surface area (Å²) in [6.07, 6.45) is 0.610. The monoisotopic (exact) mass is 259 g/mol. The van der Waals surface area contributed by atoms with Crippen LogP contribution >= 0.6 is 11.6 Å². The number of rotatable bonds is 5. The largest absolute Gasteiger partial charge is 0.390 e. The van der Waals surface area contributed by atoms with Gasteiger partial charge in [-0.3, -0.25) is 4.79 Å². The molecule has 0 aliphatic heterocycles. The van der Waals surface area contributed by atoms with E-state index < -0.39 is 12.2 Å². The van der Waals surface area contributed by atoms with E-state index in [1.807, 2.05) is 0 Å². The lowest BCUT2D eigenvalue weighted by Crippen LogP contribution is -2.27. The van der Waals surface area contributed by atoms with Gasteiger partial charge in [-0.1, -0.05) is 11.6 Å². The molecule has 0 aliphatic carbocycles. The van der Waals surface area contributed by atoms with Crippen molar-refractivity contribution < 1.29 is 15.0 Å². The van der Waals surface area contributed by atoms with Gasteiger partial charge < -0.3 is 15.5 Å². The van der Waals surface area contributed by atoms with Gasteiger partial charge in [-0.25, -0.2) is 9.97 Å². The molecule has 6 nitrogen and oxygen atoms in total. The van der Waals surface area contributed by atoms with Crippen LogP contribution in [0.3, 0.4) is 0 Å². The summed E-state index contributed by atoms with van der Waals surface area (Å²) in [6.45, 7) is 1.66. The molecule has 1 rings (SSSR count). The van der Waals surface area contributed by atoms with E-state index in [0.717, 1.165) is 0 Å². The molecule has 1 aromatic rings. The number of aliphatic hydroxyl groups is 2. The van der Waals surface area contributed by atoms with Crippen LogP contribution < -0.4 is 5.32 Å². The molecule has 2 atom stereocenters. The molecule has 1 heterocycles. The van der Waals surface area contributed by atoms with Crippen molar-refractivity contribution in [2.75, 3.05) is 6.54 Å². The maximum Gasteiger partial charge on any atom is 0.216 e. The Morgan fingerprint density at radius 2 is 2.29 bits per heavy atom. The second-order valence-corrected chi connectivity index (χ2v) is 3.91. The Labute approximate surface area is 104 Å². The fraction of sp³-hybridized carbons (Fsp3) is 0.500. The minimum Gasteiger partial charge on any atom is -0.390 e. The summed E-state index contributed by atoms with van der Waals surface area (Å²) in [6, 6.07) is 0. The molecule has 17 heavy (non-hydrogen) atoms. The number of hydrogen-bond acceptors (Lipinski definition) is 5.